The number of nitrogens with one attached hydrogen (secondary N) is 2. The number of rotatable bonds is 3. The van der Waals surface area contributed by atoms with Crippen LogP contribution in [-0.2, 0) is 10.0 Å². The van der Waals surface area contributed by atoms with Gasteiger partial charge in [-0.1, -0.05) is 23.2 Å². The molecule has 2 N–H and O–H groups in total. The second-order valence-corrected chi connectivity index (χ2v) is 6.36. The number of pyridine rings is 2. The quantitative estimate of drug-likeness (QED) is 0.842. The minimum Gasteiger partial charge on any atom is -0.326 e. The molecule has 0 atom stereocenters. The predicted octanol–water partition coefficient (Wildman–Crippen LogP) is 2.19. The van der Waals surface area contributed by atoms with Gasteiger partial charge in [0, 0.05) is 6.20 Å². The van der Waals surface area contributed by atoms with Crippen molar-refractivity contribution in [2.75, 3.05) is 4.72 Å². The minimum atomic E-state index is -3.88. The van der Waals surface area contributed by atoms with Gasteiger partial charge >= 0.3 is 0 Å². The van der Waals surface area contributed by atoms with E-state index in [2.05, 4.69) is 14.7 Å². The molecule has 9 heteroatoms. The van der Waals surface area contributed by atoms with Crippen LogP contribution in [0.15, 0.2) is 34.1 Å². The number of aryl methyl sites for hydroxylation is 1. The van der Waals surface area contributed by atoms with Crippen LogP contribution in [0.1, 0.15) is 5.69 Å². The average molecular weight is 334 g/mol. The van der Waals surface area contributed by atoms with Gasteiger partial charge in [0.1, 0.15) is 15.1 Å². The summed E-state index contributed by atoms with van der Waals surface area (Å²) in [4.78, 5) is 17.1. The molecule has 0 aromatic carbocycles. The fourth-order valence-corrected chi connectivity index (χ4v) is 2.97. The molecule has 0 aliphatic heterocycles. The zero-order chi connectivity index (χ0) is 14.9. The van der Waals surface area contributed by atoms with Crippen molar-refractivity contribution in [3.05, 3.63) is 50.6 Å². The highest BCUT2D eigenvalue weighted by Crippen LogP contribution is 2.20. The predicted molar refractivity (Wildman–Crippen MR) is 76.9 cm³/mol. The third-order valence-corrected chi connectivity index (χ3v) is 4.27. The summed E-state index contributed by atoms with van der Waals surface area (Å²) < 4.78 is 26.6. The van der Waals surface area contributed by atoms with E-state index in [1.54, 1.807) is 6.92 Å². The molecule has 0 saturated heterocycles. The average Bonchev–Trinajstić information content (AvgIpc) is 2.36. The molecule has 0 saturated carbocycles. The second kappa shape index (κ2) is 5.43. The van der Waals surface area contributed by atoms with Crippen molar-refractivity contribution in [2.45, 2.75) is 11.8 Å². The van der Waals surface area contributed by atoms with Crippen molar-refractivity contribution in [2.24, 2.45) is 0 Å². The molecule has 106 valence electrons. The number of nitrogens with zero attached hydrogens (tertiary/aromatic N) is 1. The summed E-state index contributed by atoms with van der Waals surface area (Å²) in [7, 11) is -3.88. The van der Waals surface area contributed by atoms with Gasteiger partial charge in [-0.3, -0.25) is 9.52 Å². The number of anilines is 1. The van der Waals surface area contributed by atoms with E-state index >= 15 is 0 Å². The maximum Gasteiger partial charge on any atom is 0.266 e. The van der Waals surface area contributed by atoms with Gasteiger partial charge in [0.05, 0.1) is 11.4 Å². The summed E-state index contributed by atoms with van der Waals surface area (Å²) in [5.41, 5.74) is 0.156. The molecule has 2 rings (SSSR count). The molecule has 2 aromatic rings. The molecular weight excluding hydrogens is 325 g/mol. The van der Waals surface area contributed by atoms with Gasteiger partial charge in [-0.05, 0) is 25.1 Å². The smallest absolute Gasteiger partial charge is 0.266 e. The number of aromatic nitrogens is 2. The minimum absolute atomic E-state index is 0.156. The first kappa shape index (κ1) is 14.8. The lowest BCUT2D eigenvalue weighted by atomic mass is 10.3. The van der Waals surface area contributed by atoms with Crippen LogP contribution in [0, 0.1) is 6.92 Å². The lowest BCUT2D eigenvalue weighted by Crippen LogP contribution is -2.16. The molecule has 6 nitrogen and oxygen atoms in total. The number of aromatic amines is 1. The second-order valence-electron chi connectivity index (χ2n) is 3.88. The van der Waals surface area contributed by atoms with Crippen molar-refractivity contribution in [1.82, 2.24) is 9.97 Å². The van der Waals surface area contributed by atoms with Crippen molar-refractivity contribution < 1.29 is 8.42 Å². The number of hydrogen-bond donors (Lipinski definition) is 2. The van der Waals surface area contributed by atoms with E-state index in [-0.39, 0.29) is 20.8 Å². The van der Waals surface area contributed by atoms with Gasteiger partial charge in [0.15, 0.2) is 0 Å². The monoisotopic (exact) mass is 333 g/mol. The largest absolute Gasteiger partial charge is 0.326 e. The van der Waals surface area contributed by atoms with E-state index in [0.29, 0.717) is 5.69 Å². The fraction of sp³-hybridized carbons (Fsp3) is 0.0909. The fourth-order valence-electron chi connectivity index (χ4n) is 1.43. The molecule has 0 unspecified atom stereocenters. The van der Waals surface area contributed by atoms with Crippen molar-refractivity contribution >= 4 is 38.9 Å². The van der Waals surface area contributed by atoms with Crippen molar-refractivity contribution in [3.63, 3.8) is 0 Å². The van der Waals surface area contributed by atoms with E-state index in [4.69, 9.17) is 23.2 Å². The van der Waals surface area contributed by atoms with Crippen LogP contribution in [0.5, 0.6) is 0 Å². The first-order valence-corrected chi connectivity index (χ1v) is 7.58. The van der Waals surface area contributed by atoms with Gasteiger partial charge in [0.2, 0.25) is 0 Å². The topological polar surface area (TPSA) is 91.9 Å². The van der Waals surface area contributed by atoms with Gasteiger partial charge in [0.25, 0.3) is 15.6 Å². The van der Waals surface area contributed by atoms with E-state index in [9.17, 15) is 13.2 Å². The van der Waals surface area contributed by atoms with Crippen LogP contribution in [-0.4, -0.2) is 18.4 Å². The summed E-state index contributed by atoms with van der Waals surface area (Å²) in [6.07, 6.45) is 1.06. The van der Waals surface area contributed by atoms with Gasteiger partial charge < -0.3 is 4.98 Å². The normalized spacial score (nSPS) is 11.3. The Balaban J connectivity index is 2.40. The molecule has 0 radical (unpaired) electrons. The Bertz CT molecular complexity index is 818. The first-order chi connectivity index (χ1) is 9.29. The van der Waals surface area contributed by atoms with Crippen LogP contribution in [0.25, 0.3) is 0 Å². The first-order valence-electron chi connectivity index (χ1n) is 5.34. The maximum atomic E-state index is 12.1. The molecule has 2 heterocycles. The number of sulfonamides is 1. The lowest BCUT2D eigenvalue weighted by Gasteiger charge is -2.10. The lowest BCUT2D eigenvalue weighted by molar-refractivity contribution is 0.600. The molecule has 0 bridgehead atoms. The zero-order valence-electron chi connectivity index (χ0n) is 10.1. The third kappa shape index (κ3) is 3.12. The number of halogens is 2. The molecule has 0 amide bonds. The van der Waals surface area contributed by atoms with Gasteiger partial charge in [-0.15, -0.1) is 0 Å². The van der Waals surface area contributed by atoms with E-state index < -0.39 is 15.6 Å². The SMILES string of the molecule is Cc1nc(Cl)ccc1NS(=O)(=O)c1c[nH]c(=O)c(Cl)c1. The highest BCUT2D eigenvalue weighted by atomic mass is 35.5. The highest BCUT2D eigenvalue weighted by molar-refractivity contribution is 7.92. The summed E-state index contributed by atoms with van der Waals surface area (Å²) in [5, 5.41) is 0.0522. The van der Waals surface area contributed by atoms with E-state index in [0.717, 1.165) is 12.3 Å². The molecule has 0 aliphatic carbocycles. The third-order valence-electron chi connectivity index (χ3n) is 2.44. The molecule has 0 aliphatic rings. The van der Waals surface area contributed by atoms with Crippen molar-refractivity contribution in [1.29, 1.82) is 0 Å². The number of H-pyrrole nitrogens is 1. The number of hydrogen-bond acceptors (Lipinski definition) is 4. The van der Waals surface area contributed by atoms with E-state index in [1.165, 1.54) is 12.1 Å². The zero-order valence-corrected chi connectivity index (χ0v) is 12.5. The van der Waals surface area contributed by atoms with Crippen LogP contribution >= 0.6 is 23.2 Å². The Hall–Kier alpha value is -1.57. The molecule has 0 spiro atoms. The van der Waals surface area contributed by atoms with Crippen LogP contribution in [0.2, 0.25) is 10.2 Å². The standard InChI is InChI=1S/C11H9Cl2N3O3S/c1-6-9(2-3-10(13)15-6)16-20(18,19)7-4-8(12)11(17)14-5-7/h2-5,16H,1H3,(H,14,17). The van der Waals surface area contributed by atoms with Gasteiger partial charge in [-0.25, -0.2) is 13.4 Å². The maximum absolute atomic E-state index is 12.1. The summed E-state index contributed by atoms with van der Waals surface area (Å²) >= 11 is 11.3. The molecule has 2 aromatic heterocycles. The van der Waals surface area contributed by atoms with E-state index in [1.807, 2.05) is 0 Å². The molecular formula is C11H9Cl2N3O3S. The van der Waals surface area contributed by atoms with Crippen LogP contribution in [0.4, 0.5) is 5.69 Å². The molecule has 20 heavy (non-hydrogen) atoms. The van der Waals surface area contributed by atoms with Crippen LogP contribution < -0.4 is 10.3 Å². The van der Waals surface area contributed by atoms with Crippen molar-refractivity contribution in [3.8, 4) is 0 Å². The Morgan fingerprint density at radius 1 is 1.30 bits per heavy atom. The Labute approximate surface area is 124 Å². The Morgan fingerprint density at radius 3 is 2.60 bits per heavy atom. The molecule has 0 fully saturated rings. The Kier molecular flexibility index (Phi) is 4.03. The summed E-state index contributed by atoms with van der Waals surface area (Å²) in [5.74, 6) is 0. The van der Waals surface area contributed by atoms with Gasteiger partial charge in [-0.2, -0.15) is 0 Å². The van der Waals surface area contributed by atoms with Crippen LogP contribution in [0.3, 0.4) is 0 Å². The highest BCUT2D eigenvalue weighted by Gasteiger charge is 2.17. The summed E-state index contributed by atoms with van der Waals surface area (Å²) in [6.45, 7) is 1.61. The Morgan fingerprint density at radius 2 is 2.00 bits per heavy atom. The summed E-state index contributed by atoms with van der Waals surface area (Å²) in [6, 6.07) is 4.03.